The first kappa shape index (κ1) is 32.6. The molecule has 8 heteroatoms. The van der Waals surface area contributed by atoms with Crippen LogP contribution in [0.1, 0.15) is 33.4 Å². The Kier molecular flexibility index (Phi) is 8.46. The minimum atomic E-state index is -1.57. The van der Waals surface area contributed by atoms with E-state index in [2.05, 4.69) is 41.7 Å². The average molecular weight is 731 g/mol. The van der Waals surface area contributed by atoms with Gasteiger partial charge in [0.05, 0.1) is 37.7 Å². The van der Waals surface area contributed by atoms with E-state index in [1.165, 1.54) is 0 Å². The third-order valence-corrected chi connectivity index (χ3v) is 11.0. The number of aliphatic imine (C=N–C) groups is 3. The van der Waals surface area contributed by atoms with Crippen molar-refractivity contribution >= 4 is 64.0 Å². The third-order valence-electron chi connectivity index (χ3n) is 9.36. The molecule has 0 amide bonds. The second-order valence-corrected chi connectivity index (χ2v) is 13.7. The van der Waals surface area contributed by atoms with E-state index in [1.807, 2.05) is 109 Å². The molecule has 2 unspecified atom stereocenters. The van der Waals surface area contributed by atoms with E-state index in [4.69, 9.17) is 61.4 Å². The van der Waals surface area contributed by atoms with Crippen LogP contribution < -0.4 is 5.32 Å². The van der Waals surface area contributed by atoms with E-state index in [-0.39, 0.29) is 0 Å². The molecule has 6 aromatic rings. The van der Waals surface area contributed by atoms with Gasteiger partial charge in [-0.3, -0.25) is 15.3 Å². The van der Waals surface area contributed by atoms with Crippen molar-refractivity contribution in [1.82, 2.24) is 5.32 Å². The molecule has 0 saturated heterocycles. The zero-order chi connectivity index (χ0) is 34.3. The molecule has 0 aliphatic carbocycles. The lowest BCUT2D eigenvalue weighted by Crippen LogP contribution is -2.59. The number of hydrogen-bond donors (Lipinski definition) is 1. The Labute approximate surface area is 310 Å². The van der Waals surface area contributed by atoms with Crippen molar-refractivity contribution in [2.45, 2.75) is 16.9 Å². The van der Waals surface area contributed by atoms with Gasteiger partial charge < -0.3 is 0 Å². The highest BCUT2D eigenvalue weighted by Crippen LogP contribution is 2.58. The van der Waals surface area contributed by atoms with Gasteiger partial charge in [0, 0.05) is 16.7 Å². The van der Waals surface area contributed by atoms with Gasteiger partial charge in [0.2, 0.25) is 5.66 Å². The van der Waals surface area contributed by atoms with E-state index >= 15 is 0 Å². The van der Waals surface area contributed by atoms with Gasteiger partial charge in [-0.25, -0.2) is 4.99 Å². The maximum Gasteiger partial charge on any atom is 0.220 e. The molecule has 0 aromatic heterocycles. The molecule has 50 heavy (non-hydrogen) atoms. The van der Waals surface area contributed by atoms with E-state index in [1.54, 1.807) is 18.3 Å². The molecule has 0 spiro atoms. The van der Waals surface area contributed by atoms with Crippen molar-refractivity contribution in [3.05, 3.63) is 211 Å². The van der Waals surface area contributed by atoms with Crippen LogP contribution in [0.5, 0.6) is 0 Å². The topological polar surface area (TPSA) is 49.1 Å². The van der Waals surface area contributed by atoms with Crippen molar-refractivity contribution in [2.24, 2.45) is 15.0 Å². The summed E-state index contributed by atoms with van der Waals surface area (Å²) >= 11 is 28.2. The Bertz CT molecular complexity index is 2250. The van der Waals surface area contributed by atoms with Crippen LogP contribution >= 0.6 is 46.4 Å². The molecule has 2 atom stereocenters. The van der Waals surface area contributed by atoms with Gasteiger partial charge in [0.15, 0.2) is 5.66 Å². The smallest absolute Gasteiger partial charge is 0.220 e. The van der Waals surface area contributed by atoms with Gasteiger partial charge in [0.25, 0.3) is 0 Å². The van der Waals surface area contributed by atoms with Crippen LogP contribution in [0.3, 0.4) is 0 Å². The summed E-state index contributed by atoms with van der Waals surface area (Å²) in [6.45, 7) is 0. The Hall–Kier alpha value is -4.55. The zero-order valence-electron chi connectivity index (χ0n) is 26.4. The first-order chi connectivity index (χ1) is 24.4. The highest BCUT2D eigenvalue weighted by molar-refractivity contribution is 6.44. The fraction of sp³-hybridized carbons (Fsp3) is 0.0714. The minimum absolute atomic E-state index is 0.303. The van der Waals surface area contributed by atoms with Gasteiger partial charge in [-0.2, -0.15) is 0 Å². The standard InChI is InChI=1S/C42H28Cl4N4/c43-34-25-13-23-32(37(34)45)41(47-27-36(48-41)28-15-5-1-6-16-28)42(33-24-14-26-35(44)38(33)46)49-39(29-17-7-2-8-18-29)40(50-42,30-19-9-3-10-20-30)31-21-11-4-12-22-31/h1-27,50H. The van der Waals surface area contributed by atoms with Gasteiger partial charge >= 0.3 is 0 Å². The number of halogens is 4. The summed E-state index contributed by atoms with van der Waals surface area (Å²) in [5.74, 6) is 0. The molecule has 1 N–H and O–H groups in total. The van der Waals surface area contributed by atoms with E-state index in [0.717, 1.165) is 28.0 Å². The zero-order valence-corrected chi connectivity index (χ0v) is 29.5. The average Bonchev–Trinajstić information content (AvgIpc) is 3.79. The van der Waals surface area contributed by atoms with Gasteiger partial charge in [-0.15, -0.1) is 0 Å². The highest BCUT2D eigenvalue weighted by atomic mass is 35.5. The highest BCUT2D eigenvalue weighted by Gasteiger charge is 2.65. The van der Waals surface area contributed by atoms with Crippen LogP contribution in [0.2, 0.25) is 20.1 Å². The first-order valence-corrected chi connectivity index (χ1v) is 17.6. The van der Waals surface area contributed by atoms with Crippen molar-refractivity contribution < 1.29 is 0 Å². The lowest BCUT2D eigenvalue weighted by molar-refractivity contribution is 0.181. The fourth-order valence-corrected chi connectivity index (χ4v) is 7.99. The molecule has 2 aliphatic heterocycles. The van der Waals surface area contributed by atoms with Crippen molar-refractivity contribution in [3.8, 4) is 0 Å². The van der Waals surface area contributed by atoms with Crippen LogP contribution in [0, 0.1) is 0 Å². The molecule has 0 fully saturated rings. The lowest BCUT2D eigenvalue weighted by atomic mass is 9.75. The largest absolute Gasteiger partial charge is 0.267 e. The second kappa shape index (κ2) is 13.0. The molecule has 0 radical (unpaired) electrons. The van der Waals surface area contributed by atoms with Gasteiger partial charge in [-0.1, -0.05) is 192 Å². The SMILES string of the molecule is Clc1cccc(C2(C3(c4cccc(Cl)c4Cl)N=C(c4ccccc4)C(c4ccccc4)(c4ccccc4)N3)N=CC(c3ccccc3)=N2)c1Cl. The van der Waals surface area contributed by atoms with Crippen LogP contribution in [0.4, 0.5) is 0 Å². The van der Waals surface area contributed by atoms with Crippen molar-refractivity contribution in [1.29, 1.82) is 0 Å². The predicted molar refractivity (Wildman–Crippen MR) is 208 cm³/mol. The molecule has 244 valence electrons. The Balaban J connectivity index is 1.57. The maximum absolute atomic E-state index is 7.29. The Morgan fingerprint density at radius 3 is 1.50 bits per heavy atom. The molecule has 0 bridgehead atoms. The number of benzene rings is 6. The van der Waals surface area contributed by atoms with E-state index < -0.39 is 16.9 Å². The first-order valence-electron chi connectivity index (χ1n) is 16.1. The number of hydrogen-bond acceptors (Lipinski definition) is 4. The molecule has 2 aliphatic rings. The maximum atomic E-state index is 7.29. The van der Waals surface area contributed by atoms with E-state index in [0.29, 0.717) is 36.9 Å². The lowest BCUT2D eigenvalue weighted by Gasteiger charge is -2.45. The van der Waals surface area contributed by atoms with Crippen molar-refractivity contribution in [2.75, 3.05) is 0 Å². The minimum Gasteiger partial charge on any atom is -0.267 e. The normalized spacial score (nSPS) is 20.8. The second-order valence-electron chi connectivity index (χ2n) is 12.1. The molecular weight excluding hydrogens is 702 g/mol. The summed E-state index contributed by atoms with van der Waals surface area (Å²) in [5.41, 5.74) is 2.02. The summed E-state index contributed by atoms with van der Waals surface area (Å²) in [4.78, 5) is 16.7. The molecule has 4 nitrogen and oxygen atoms in total. The summed E-state index contributed by atoms with van der Waals surface area (Å²) < 4.78 is 0. The summed E-state index contributed by atoms with van der Waals surface area (Å²) in [7, 11) is 0. The monoisotopic (exact) mass is 728 g/mol. The molecule has 6 aromatic carbocycles. The van der Waals surface area contributed by atoms with Crippen LogP contribution in [-0.4, -0.2) is 17.6 Å². The molecule has 8 rings (SSSR count). The van der Waals surface area contributed by atoms with Crippen LogP contribution in [0.25, 0.3) is 0 Å². The summed E-state index contributed by atoms with van der Waals surface area (Å²) in [6, 6.07) is 51.6. The Morgan fingerprint density at radius 1 is 0.460 bits per heavy atom. The summed E-state index contributed by atoms with van der Waals surface area (Å²) in [6.07, 6.45) is 1.77. The predicted octanol–water partition coefficient (Wildman–Crippen LogP) is 10.9. The van der Waals surface area contributed by atoms with Gasteiger partial charge in [0.1, 0.15) is 5.54 Å². The van der Waals surface area contributed by atoms with Crippen LogP contribution in [-0.2, 0) is 16.9 Å². The number of nitrogens with zero attached hydrogens (tertiary/aromatic N) is 3. The molecular formula is C42H28Cl4N4. The number of rotatable bonds is 7. The summed E-state index contributed by atoms with van der Waals surface area (Å²) in [5, 5.41) is 5.45. The quantitative estimate of drug-likeness (QED) is 0.175. The third kappa shape index (κ3) is 5.06. The van der Waals surface area contributed by atoms with E-state index in [9.17, 15) is 0 Å². The number of nitrogens with one attached hydrogen (secondary N) is 1. The van der Waals surface area contributed by atoms with Crippen molar-refractivity contribution in [3.63, 3.8) is 0 Å². The Morgan fingerprint density at radius 2 is 0.940 bits per heavy atom. The van der Waals surface area contributed by atoms with Crippen LogP contribution in [0.15, 0.2) is 173 Å². The fourth-order valence-electron chi connectivity index (χ4n) is 7.12. The molecule has 2 heterocycles. The van der Waals surface area contributed by atoms with Gasteiger partial charge in [-0.05, 0) is 28.8 Å². The molecule has 0 saturated carbocycles.